The summed E-state index contributed by atoms with van der Waals surface area (Å²) in [5.41, 5.74) is 5.22. The Bertz CT molecular complexity index is 891. The molecule has 0 bridgehead atoms. The lowest BCUT2D eigenvalue weighted by molar-refractivity contribution is 0.248. The van der Waals surface area contributed by atoms with Crippen molar-refractivity contribution < 1.29 is 0 Å². The molecule has 0 unspecified atom stereocenters. The first-order valence-corrected chi connectivity index (χ1v) is 14.3. The van der Waals surface area contributed by atoms with Crippen LogP contribution in [0.3, 0.4) is 0 Å². The maximum absolute atomic E-state index is 4.28. The first-order chi connectivity index (χ1) is 15.8. The highest BCUT2D eigenvalue weighted by atomic mass is 127. The quantitative estimate of drug-likeness (QED) is 0.207. The molecule has 0 aromatic carbocycles. The number of nitrogens with zero attached hydrogens (tertiary/aromatic N) is 3. The van der Waals surface area contributed by atoms with E-state index < -0.39 is 0 Å². The van der Waals surface area contributed by atoms with Gasteiger partial charge in [-0.25, -0.2) is 9.97 Å². The van der Waals surface area contributed by atoms with Crippen molar-refractivity contribution in [3.05, 3.63) is 69.1 Å². The molecular weight excluding hydrogens is 655 g/mol. The number of pyridine rings is 2. The first-order valence-electron chi connectivity index (χ1n) is 11.5. The van der Waals surface area contributed by atoms with Gasteiger partial charge in [-0.1, -0.05) is 60.7 Å². The van der Waals surface area contributed by atoms with Gasteiger partial charge in [0.15, 0.2) is 0 Å². The Balaban J connectivity index is 0.000000204. The van der Waals surface area contributed by atoms with Crippen molar-refractivity contribution in [3.8, 4) is 0 Å². The number of hydrogen-bond acceptors (Lipinski definition) is 4. The normalized spacial score (nSPS) is 16.3. The molecule has 180 valence electrons. The fourth-order valence-electron chi connectivity index (χ4n) is 3.41. The van der Waals surface area contributed by atoms with Gasteiger partial charge in [-0.3, -0.25) is 4.90 Å². The van der Waals surface area contributed by atoms with Gasteiger partial charge in [-0.2, -0.15) is 0 Å². The summed E-state index contributed by atoms with van der Waals surface area (Å²) < 4.78 is 2.59. The Morgan fingerprint density at radius 2 is 1.42 bits per heavy atom. The highest BCUT2D eigenvalue weighted by Crippen LogP contribution is 2.22. The highest BCUT2D eigenvalue weighted by Gasteiger charge is 2.16. The molecule has 2 aromatic rings. The molecule has 33 heavy (non-hydrogen) atoms. The van der Waals surface area contributed by atoms with Crippen LogP contribution in [-0.2, 0) is 0 Å². The molecule has 2 aliphatic rings. The molecule has 0 saturated carbocycles. The molecule has 0 atom stereocenters. The van der Waals surface area contributed by atoms with Crippen LogP contribution in [-0.4, -0.2) is 51.0 Å². The van der Waals surface area contributed by atoms with E-state index >= 15 is 0 Å². The van der Waals surface area contributed by atoms with E-state index in [0.29, 0.717) is 6.04 Å². The molecule has 0 fully saturated rings. The van der Waals surface area contributed by atoms with Crippen molar-refractivity contribution in [3.63, 3.8) is 0 Å². The van der Waals surface area contributed by atoms with E-state index in [1.165, 1.54) is 28.8 Å². The van der Waals surface area contributed by atoms with Gasteiger partial charge < -0.3 is 5.32 Å². The van der Waals surface area contributed by atoms with Gasteiger partial charge in [0.2, 0.25) is 0 Å². The summed E-state index contributed by atoms with van der Waals surface area (Å²) in [6.45, 7) is 13.1. The van der Waals surface area contributed by atoms with E-state index in [1.54, 1.807) is 0 Å². The molecule has 0 saturated heterocycles. The summed E-state index contributed by atoms with van der Waals surface area (Å²) in [5.74, 6) is 0. The van der Waals surface area contributed by atoms with Crippen LogP contribution in [0.5, 0.6) is 0 Å². The van der Waals surface area contributed by atoms with E-state index in [-0.39, 0.29) is 0 Å². The van der Waals surface area contributed by atoms with Crippen molar-refractivity contribution in [2.45, 2.75) is 50.5 Å². The zero-order valence-electron chi connectivity index (χ0n) is 20.0. The van der Waals surface area contributed by atoms with Crippen LogP contribution in [0.4, 0.5) is 0 Å². The minimum Gasteiger partial charge on any atom is -0.312 e. The molecule has 4 heterocycles. The average molecular weight is 690 g/mol. The summed E-state index contributed by atoms with van der Waals surface area (Å²) in [4.78, 5) is 11.0. The fraction of sp³-hybridized carbons (Fsp3) is 0.462. The smallest absolute Gasteiger partial charge is 0.106 e. The van der Waals surface area contributed by atoms with Crippen molar-refractivity contribution >= 4 is 65.6 Å². The number of halogens is 3. The summed E-state index contributed by atoms with van der Waals surface area (Å²) in [6, 6.07) is 8.82. The summed E-state index contributed by atoms with van der Waals surface area (Å²) in [6.07, 6.45) is 10.7. The maximum atomic E-state index is 4.28. The molecule has 0 radical (unpaired) electrons. The van der Waals surface area contributed by atoms with Crippen LogP contribution in [0.15, 0.2) is 58.0 Å². The SMILES string of the molecule is Brc1ccc(C2=CCCNC2)cn1.CC(C)I.CC(C)N1CCC=C(c2ccc(Br)nc2)C1. The predicted octanol–water partition coefficient (Wildman–Crippen LogP) is 7.39. The third-order valence-corrected chi connectivity index (χ3v) is 6.07. The molecule has 0 spiro atoms. The summed E-state index contributed by atoms with van der Waals surface area (Å²) in [7, 11) is 0. The monoisotopic (exact) mass is 688 g/mol. The lowest BCUT2D eigenvalue weighted by atomic mass is 10.0. The molecule has 1 N–H and O–H groups in total. The first kappa shape index (κ1) is 28.6. The van der Waals surface area contributed by atoms with Gasteiger partial charge in [0.25, 0.3) is 0 Å². The second-order valence-corrected chi connectivity index (χ2v) is 12.6. The number of alkyl halides is 1. The van der Waals surface area contributed by atoms with Gasteiger partial charge in [0.1, 0.15) is 9.21 Å². The van der Waals surface area contributed by atoms with Crippen LogP contribution in [0.2, 0.25) is 0 Å². The number of rotatable bonds is 3. The Kier molecular flexibility index (Phi) is 13.4. The number of nitrogens with one attached hydrogen (secondary N) is 1. The van der Waals surface area contributed by atoms with Crippen LogP contribution < -0.4 is 5.32 Å². The van der Waals surface area contributed by atoms with Crippen LogP contribution >= 0.6 is 54.5 Å². The molecule has 2 aromatic heterocycles. The van der Waals surface area contributed by atoms with E-state index in [2.05, 4.69) is 127 Å². The van der Waals surface area contributed by atoms with Crippen molar-refractivity contribution in [2.24, 2.45) is 0 Å². The van der Waals surface area contributed by atoms with E-state index in [0.717, 1.165) is 45.6 Å². The van der Waals surface area contributed by atoms with Crippen molar-refractivity contribution in [1.29, 1.82) is 0 Å². The Morgan fingerprint density at radius 1 is 0.879 bits per heavy atom. The van der Waals surface area contributed by atoms with Crippen LogP contribution in [0.25, 0.3) is 11.1 Å². The van der Waals surface area contributed by atoms with Gasteiger partial charge in [-0.15, -0.1) is 0 Å². The molecule has 0 amide bonds. The zero-order valence-corrected chi connectivity index (χ0v) is 25.3. The van der Waals surface area contributed by atoms with E-state index in [9.17, 15) is 0 Å². The third kappa shape index (κ3) is 11.1. The zero-order chi connectivity index (χ0) is 24.2. The molecule has 2 aliphatic heterocycles. The lowest BCUT2D eigenvalue weighted by Crippen LogP contribution is -2.35. The Morgan fingerprint density at radius 3 is 1.88 bits per heavy atom. The van der Waals surface area contributed by atoms with Crippen LogP contribution in [0, 0.1) is 0 Å². The van der Waals surface area contributed by atoms with Gasteiger partial charge in [0.05, 0.1) is 0 Å². The largest absolute Gasteiger partial charge is 0.312 e. The summed E-state index contributed by atoms with van der Waals surface area (Å²) >= 11 is 9.03. The van der Waals surface area contributed by atoms with Gasteiger partial charge in [-0.05, 0) is 99.5 Å². The second kappa shape index (κ2) is 15.4. The standard InChI is InChI=1S/C13H17BrN2.C10H11BrN2.C3H7I/c1-10(2)16-7-3-4-12(9-16)11-5-6-13(14)15-8-11;11-10-4-3-9(7-13-10)8-2-1-5-12-6-8;1-3(2)4/h4-6,8,10H,3,7,9H2,1-2H3;2-4,7,12H,1,5-6H2;3H,1-2H3. The molecule has 7 heteroatoms. The molecule has 0 aliphatic carbocycles. The third-order valence-electron chi connectivity index (χ3n) is 5.13. The summed E-state index contributed by atoms with van der Waals surface area (Å²) in [5, 5.41) is 3.34. The minimum atomic E-state index is 0.618. The van der Waals surface area contributed by atoms with Gasteiger partial charge >= 0.3 is 0 Å². The Labute approximate surface area is 230 Å². The van der Waals surface area contributed by atoms with Crippen molar-refractivity contribution in [1.82, 2.24) is 20.2 Å². The van der Waals surface area contributed by atoms with Crippen LogP contribution in [0.1, 0.15) is 51.7 Å². The number of aromatic nitrogens is 2. The molecule has 4 nitrogen and oxygen atoms in total. The average Bonchev–Trinajstić information content (AvgIpc) is 2.81. The Hall–Kier alpha value is -0.610. The molecule has 4 rings (SSSR count). The predicted molar refractivity (Wildman–Crippen MR) is 158 cm³/mol. The van der Waals surface area contributed by atoms with Crippen molar-refractivity contribution in [2.75, 3.05) is 26.2 Å². The minimum absolute atomic E-state index is 0.618. The number of hydrogen-bond donors (Lipinski definition) is 1. The van der Waals surface area contributed by atoms with E-state index in [1.807, 2.05) is 24.5 Å². The highest BCUT2D eigenvalue weighted by molar-refractivity contribution is 14.1. The lowest BCUT2D eigenvalue weighted by Gasteiger charge is -2.30. The fourth-order valence-corrected chi connectivity index (χ4v) is 3.88. The molecular formula is C26H35Br2IN4. The van der Waals surface area contributed by atoms with E-state index in [4.69, 9.17) is 0 Å². The second-order valence-electron chi connectivity index (χ2n) is 8.53. The maximum Gasteiger partial charge on any atom is 0.106 e. The van der Waals surface area contributed by atoms with Gasteiger partial charge in [0, 0.05) is 42.0 Å². The topological polar surface area (TPSA) is 41.1 Å².